The largest absolute Gasteiger partial charge is 0.367 e. The summed E-state index contributed by atoms with van der Waals surface area (Å²) in [5, 5.41) is 3.46. The van der Waals surface area contributed by atoms with Crippen molar-refractivity contribution < 1.29 is 9.59 Å². The van der Waals surface area contributed by atoms with Crippen LogP contribution in [0.5, 0.6) is 0 Å². The molecule has 0 saturated carbocycles. The van der Waals surface area contributed by atoms with Crippen LogP contribution in [0, 0.1) is 5.92 Å². The summed E-state index contributed by atoms with van der Waals surface area (Å²) in [4.78, 5) is 27.6. The molecule has 0 aromatic heterocycles. The van der Waals surface area contributed by atoms with Crippen LogP contribution in [-0.2, 0) is 9.59 Å². The topological polar surface area (TPSA) is 52.7 Å². The zero-order valence-corrected chi connectivity index (χ0v) is 12.5. The van der Waals surface area contributed by atoms with Gasteiger partial charge in [-0.15, -0.1) is 0 Å². The molecule has 1 aromatic carbocycles. The third-order valence-electron chi connectivity index (χ3n) is 4.11. The predicted molar refractivity (Wildman–Crippen MR) is 81.4 cm³/mol. The minimum Gasteiger partial charge on any atom is -0.367 e. The lowest BCUT2D eigenvalue weighted by Gasteiger charge is -2.37. The zero-order valence-electron chi connectivity index (χ0n) is 11.7. The maximum absolute atomic E-state index is 12.3. The van der Waals surface area contributed by atoms with Crippen molar-refractivity contribution in [2.45, 2.75) is 6.42 Å². The monoisotopic (exact) mass is 307 g/mol. The molecule has 112 valence electrons. The van der Waals surface area contributed by atoms with Crippen LogP contribution in [0.15, 0.2) is 24.3 Å². The number of nitrogens with one attached hydrogen (secondary N) is 1. The summed E-state index contributed by atoms with van der Waals surface area (Å²) in [6.45, 7) is 3.36. The Hall–Kier alpha value is -1.75. The lowest BCUT2D eigenvalue weighted by Crippen LogP contribution is -2.50. The highest BCUT2D eigenvalue weighted by Crippen LogP contribution is 2.26. The van der Waals surface area contributed by atoms with Gasteiger partial charge in [0, 0.05) is 39.1 Å². The maximum atomic E-state index is 12.3. The summed E-state index contributed by atoms with van der Waals surface area (Å²) in [7, 11) is 0. The first-order valence-electron chi connectivity index (χ1n) is 7.20. The van der Waals surface area contributed by atoms with E-state index in [4.69, 9.17) is 11.6 Å². The Bertz CT molecular complexity index is 556. The number of carbonyl (C=O) groups is 2. The molecular weight excluding hydrogens is 290 g/mol. The molecule has 0 spiro atoms. The second kappa shape index (κ2) is 5.93. The van der Waals surface area contributed by atoms with Crippen LogP contribution < -0.4 is 10.2 Å². The first-order valence-corrected chi connectivity index (χ1v) is 7.58. The van der Waals surface area contributed by atoms with Crippen molar-refractivity contribution in [3.63, 3.8) is 0 Å². The number of halogens is 1. The molecule has 2 aliphatic rings. The molecular formula is C15H18ClN3O2. The normalized spacial score (nSPS) is 22.3. The van der Waals surface area contributed by atoms with Gasteiger partial charge in [0.2, 0.25) is 11.8 Å². The average molecular weight is 308 g/mol. The quantitative estimate of drug-likeness (QED) is 0.891. The minimum atomic E-state index is -0.190. The van der Waals surface area contributed by atoms with Gasteiger partial charge in [-0.05, 0) is 12.1 Å². The van der Waals surface area contributed by atoms with Crippen molar-refractivity contribution in [3.05, 3.63) is 29.3 Å². The molecule has 0 bridgehead atoms. The summed E-state index contributed by atoms with van der Waals surface area (Å²) in [5.41, 5.74) is 1.02. The molecule has 6 heteroatoms. The van der Waals surface area contributed by atoms with E-state index in [-0.39, 0.29) is 17.7 Å². The first-order chi connectivity index (χ1) is 10.1. The van der Waals surface area contributed by atoms with Gasteiger partial charge in [-0.3, -0.25) is 9.59 Å². The van der Waals surface area contributed by atoms with E-state index in [0.29, 0.717) is 26.1 Å². The molecule has 0 radical (unpaired) electrons. The molecule has 5 nitrogen and oxygen atoms in total. The van der Waals surface area contributed by atoms with E-state index in [2.05, 4.69) is 10.2 Å². The lowest BCUT2D eigenvalue weighted by atomic mass is 10.1. The molecule has 1 aromatic rings. The summed E-state index contributed by atoms with van der Waals surface area (Å²) in [5.74, 6) is -0.125. The van der Waals surface area contributed by atoms with Crippen molar-refractivity contribution in [2.75, 3.05) is 37.6 Å². The van der Waals surface area contributed by atoms with Gasteiger partial charge in [0.1, 0.15) is 0 Å². The van der Waals surface area contributed by atoms with E-state index >= 15 is 0 Å². The van der Waals surface area contributed by atoms with Crippen molar-refractivity contribution in [1.82, 2.24) is 10.2 Å². The number of amides is 2. The second-order valence-electron chi connectivity index (χ2n) is 5.47. The number of carbonyl (C=O) groups excluding carboxylic acids is 2. The van der Waals surface area contributed by atoms with Gasteiger partial charge in [-0.2, -0.15) is 0 Å². The Morgan fingerprint density at radius 1 is 1.19 bits per heavy atom. The number of rotatable bonds is 2. The lowest BCUT2D eigenvalue weighted by molar-refractivity contribution is -0.136. The molecule has 2 amide bonds. The number of anilines is 1. The van der Waals surface area contributed by atoms with Crippen LogP contribution >= 0.6 is 11.6 Å². The van der Waals surface area contributed by atoms with Crippen LogP contribution in [0.4, 0.5) is 5.69 Å². The van der Waals surface area contributed by atoms with E-state index in [1.165, 1.54) is 0 Å². The molecule has 0 aliphatic carbocycles. The predicted octanol–water partition coefficient (Wildman–Crippen LogP) is 1.12. The summed E-state index contributed by atoms with van der Waals surface area (Å²) < 4.78 is 0. The Kier molecular flexibility index (Phi) is 4.01. The first kappa shape index (κ1) is 14.2. The number of hydrogen-bond acceptors (Lipinski definition) is 3. The van der Waals surface area contributed by atoms with E-state index in [0.717, 1.165) is 23.8 Å². The Labute approximate surface area is 128 Å². The summed E-state index contributed by atoms with van der Waals surface area (Å²) in [6.07, 6.45) is 0.323. The van der Waals surface area contributed by atoms with Gasteiger partial charge in [-0.25, -0.2) is 0 Å². The molecule has 21 heavy (non-hydrogen) atoms. The van der Waals surface area contributed by atoms with Gasteiger partial charge >= 0.3 is 0 Å². The van der Waals surface area contributed by atoms with Crippen LogP contribution in [0.2, 0.25) is 5.02 Å². The summed E-state index contributed by atoms with van der Waals surface area (Å²) in [6, 6.07) is 7.76. The fraction of sp³-hybridized carbons (Fsp3) is 0.467. The molecule has 2 aliphatic heterocycles. The standard InChI is InChI=1S/C15H18ClN3O2/c16-12-3-1-2-4-13(12)18-5-7-19(8-6-18)15(21)11-9-14(20)17-10-11/h1-4,11H,5-10H2,(H,17,20)/t11-/m0/s1. The number of para-hydroxylation sites is 1. The Morgan fingerprint density at radius 2 is 1.90 bits per heavy atom. The van der Waals surface area contributed by atoms with Crippen LogP contribution in [0.25, 0.3) is 0 Å². The van der Waals surface area contributed by atoms with Gasteiger partial charge in [0.15, 0.2) is 0 Å². The molecule has 2 fully saturated rings. The molecule has 2 heterocycles. The van der Waals surface area contributed by atoms with Crippen molar-refractivity contribution >= 4 is 29.1 Å². The Balaban J connectivity index is 1.59. The van der Waals surface area contributed by atoms with Gasteiger partial charge in [0.25, 0.3) is 0 Å². The van der Waals surface area contributed by atoms with Gasteiger partial charge in [-0.1, -0.05) is 23.7 Å². The molecule has 0 unspecified atom stereocenters. The Morgan fingerprint density at radius 3 is 2.52 bits per heavy atom. The highest BCUT2D eigenvalue weighted by molar-refractivity contribution is 6.33. The second-order valence-corrected chi connectivity index (χ2v) is 5.88. The molecule has 2 saturated heterocycles. The summed E-state index contributed by atoms with van der Waals surface area (Å²) >= 11 is 6.21. The number of benzene rings is 1. The molecule has 1 N–H and O–H groups in total. The fourth-order valence-corrected chi connectivity index (χ4v) is 3.17. The van der Waals surface area contributed by atoms with E-state index < -0.39 is 0 Å². The molecule has 3 rings (SSSR count). The van der Waals surface area contributed by atoms with Crippen molar-refractivity contribution in [2.24, 2.45) is 5.92 Å². The number of nitrogens with zero attached hydrogens (tertiary/aromatic N) is 2. The zero-order chi connectivity index (χ0) is 14.8. The third kappa shape index (κ3) is 2.97. The van der Waals surface area contributed by atoms with Crippen LogP contribution in [0.1, 0.15) is 6.42 Å². The van der Waals surface area contributed by atoms with Gasteiger partial charge in [0.05, 0.1) is 16.6 Å². The maximum Gasteiger partial charge on any atom is 0.228 e. The van der Waals surface area contributed by atoms with E-state index in [1.54, 1.807) is 0 Å². The smallest absolute Gasteiger partial charge is 0.228 e. The number of piperazine rings is 1. The van der Waals surface area contributed by atoms with E-state index in [1.807, 2.05) is 29.2 Å². The SMILES string of the molecule is O=C1C[C@H](C(=O)N2CCN(c3ccccc3Cl)CC2)CN1. The van der Waals surface area contributed by atoms with Gasteiger partial charge < -0.3 is 15.1 Å². The minimum absolute atomic E-state index is 0.0250. The highest BCUT2D eigenvalue weighted by atomic mass is 35.5. The van der Waals surface area contributed by atoms with E-state index in [9.17, 15) is 9.59 Å². The highest BCUT2D eigenvalue weighted by Gasteiger charge is 2.32. The van der Waals surface area contributed by atoms with Crippen molar-refractivity contribution in [1.29, 1.82) is 0 Å². The van der Waals surface area contributed by atoms with Crippen LogP contribution in [-0.4, -0.2) is 49.4 Å². The number of hydrogen-bond donors (Lipinski definition) is 1. The fourth-order valence-electron chi connectivity index (χ4n) is 2.91. The van der Waals surface area contributed by atoms with Crippen LogP contribution in [0.3, 0.4) is 0 Å². The third-order valence-corrected chi connectivity index (χ3v) is 4.43. The van der Waals surface area contributed by atoms with Crippen molar-refractivity contribution in [3.8, 4) is 0 Å². The average Bonchev–Trinajstić information content (AvgIpc) is 2.94. The molecule has 1 atom stereocenters.